The highest BCUT2D eigenvalue weighted by molar-refractivity contribution is 9.10. The van der Waals surface area contributed by atoms with E-state index in [-0.39, 0.29) is 12.5 Å². The van der Waals surface area contributed by atoms with Crippen molar-refractivity contribution in [3.8, 4) is 23.0 Å². The van der Waals surface area contributed by atoms with Gasteiger partial charge in [-0.05, 0) is 29.0 Å². The van der Waals surface area contributed by atoms with Crippen molar-refractivity contribution in [1.29, 1.82) is 0 Å². The van der Waals surface area contributed by atoms with Gasteiger partial charge in [0.15, 0.2) is 23.0 Å². The number of rotatable bonds is 7. The zero-order chi connectivity index (χ0) is 20.1. The lowest BCUT2D eigenvalue weighted by molar-refractivity contribution is -0.117. The van der Waals surface area contributed by atoms with E-state index in [4.69, 9.17) is 18.9 Å². The van der Waals surface area contributed by atoms with Gasteiger partial charge in [0, 0.05) is 28.7 Å². The predicted octanol–water partition coefficient (Wildman–Crippen LogP) is 3.31. The van der Waals surface area contributed by atoms with E-state index in [9.17, 15) is 4.79 Å². The number of hydrogen-bond acceptors (Lipinski definition) is 6. The van der Waals surface area contributed by atoms with Crippen LogP contribution in [0.4, 0.5) is 5.69 Å². The number of anilines is 1. The Hall–Kier alpha value is -2.45. The van der Waals surface area contributed by atoms with Crippen molar-refractivity contribution < 1.29 is 23.7 Å². The number of likely N-dealkylation sites (N-methyl/N-ethyl adjacent to an activating group) is 1. The number of nitrogens with zero attached hydrogens (tertiary/aromatic N) is 1. The number of methoxy groups -OCH3 is 2. The summed E-state index contributed by atoms with van der Waals surface area (Å²) in [6.45, 7) is 1.76. The maximum atomic E-state index is 12.5. The molecule has 2 aromatic carbocycles. The van der Waals surface area contributed by atoms with E-state index in [1.165, 1.54) is 0 Å². The summed E-state index contributed by atoms with van der Waals surface area (Å²) in [6.07, 6.45) is 0. The zero-order valence-electron chi connectivity index (χ0n) is 16.1. The Kier molecular flexibility index (Phi) is 6.64. The molecule has 1 aliphatic heterocycles. The Morgan fingerprint density at radius 2 is 1.89 bits per heavy atom. The summed E-state index contributed by atoms with van der Waals surface area (Å²) < 4.78 is 22.6. The normalized spacial score (nSPS) is 12.6. The first kappa shape index (κ1) is 20.3. The third-order valence-corrected chi connectivity index (χ3v) is 4.90. The topological polar surface area (TPSA) is 69.3 Å². The molecule has 1 aliphatic rings. The highest BCUT2D eigenvalue weighted by atomic mass is 79.9. The largest absolute Gasteiger partial charge is 0.493 e. The van der Waals surface area contributed by atoms with Gasteiger partial charge >= 0.3 is 0 Å². The first-order valence-electron chi connectivity index (χ1n) is 8.79. The van der Waals surface area contributed by atoms with Crippen molar-refractivity contribution in [3.63, 3.8) is 0 Å². The summed E-state index contributed by atoms with van der Waals surface area (Å²) in [5.41, 5.74) is 1.58. The molecule has 0 saturated heterocycles. The van der Waals surface area contributed by atoms with Gasteiger partial charge in [-0.2, -0.15) is 0 Å². The van der Waals surface area contributed by atoms with E-state index in [0.717, 1.165) is 10.0 Å². The van der Waals surface area contributed by atoms with Crippen LogP contribution in [-0.4, -0.2) is 51.8 Å². The molecule has 1 N–H and O–H groups in total. The quantitative estimate of drug-likeness (QED) is 0.697. The predicted molar refractivity (Wildman–Crippen MR) is 110 cm³/mol. The molecule has 0 saturated carbocycles. The van der Waals surface area contributed by atoms with Gasteiger partial charge in [-0.3, -0.25) is 9.69 Å². The van der Waals surface area contributed by atoms with Crippen LogP contribution in [0, 0.1) is 0 Å². The Morgan fingerprint density at radius 1 is 1.18 bits per heavy atom. The van der Waals surface area contributed by atoms with Crippen LogP contribution in [0.15, 0.2) is 34.8 Å². The minimum atomic E-state index is -0.137. The van der Waals surface area contributed by atoms with Gasteiger partial charge in [0.2, 0.25) is 5.91 Å². The minimum absolute atomic E-state index is 0.137. The molecule has 0 atom stereocenters. The number of amides is 1. The standard InChI is InChI=1S/C20H23BrN2O5/c1-23(11-13-5-4-6-16(25-2)20(13)26-3)12-19(24)22-15-10-18-17(9-14(15)21)27-7-8-28-18/h4-6,9-10H,7-8,11-12H2,1-3H3,(H,22,24). The van der Waals surface area contributed by atoms with E-state index in [1.54, 1.807) is 26.4 Å². The van der Waals surface area contributed by atoms with Crippen LogP contribution >= 0.6 is 15.9 Å². The number of benzene rings is 2. The summed E-state index contributed by atoms with van der Waals surface area (Å²) in [6, 6.07) is 9.26. The van der Waals surface area contributed by atoms with Gasteiger partial charge in [0.25, 0.3) is 0 Å². The fraction of sp³-hybridized carbons (Fsp3) is 0.350. The highest BCUT2D eigenvalue weighted by Crippen LogP contribution is 2.38. The highest BCUT2D eigenvalue weighted by Gasteiger charge is 2.17. The Balaban J connectivity index is 1.64. The van der Waals surface area contributed by atoms with Crippen LogP contribution in [0.1, 0.15) is 5.56 Å². The molecule has 0 bridgehead atoms. The molecule has 7 nitrogen and oxygen atoms in total. The molecule has 3 rings (SSSR count). The number of carbonyl (C=O) groups excluding carboxylic acids is 1. The van der Waals surface area contributed by atoms with Crippen LogP contribution < -0.4 is 24.3 Å². The fourth-order valence-electron chi connectivity index (χ4n) is 3.02. The molecule has 0 aromatic heterocycles. The second-order valence-corrected chi connectivity index (χ2v) is 7.20. The van der Waals surface area contributed by atoms with Gasteiger partial charge in [-0.15, -0.1) is 0 Å². The van der Waals surface area contributed by atoms with Crippen LogP contribution in [0.25, 0.3) is 0 Å². The molecule has 8 heteroatoms. The minimum Gasteiger partial charge on any atom is -0.493 e. The third-order valence-electron chi connectivity index (χ3n) is 4.24. The molecule has 150 valence electrons. The summed E-state index contributed by atoms with van der Waals surface area (Å²) in [4.78, 5) is 14.4. The maximum absolute atomic E-state index is 12.5. The lowest BCUT2D eigenvalue weighted by Crippen LogP contribution is -2.30. The average Bonchev–Trinajstić information content (AvgIpc) is 2.68. The van der Waals surface area contributed by atoms with E-state index in [0.29, 0.717) is 48.4 Å². The fourth-order valence-corrected chi connectivity index (χ4v) is 3.44. The van der Waals surface area contributed by atoms with Crippen LogP contribution in [-0.2, 0) is 11.3 Å². The molecule has 0 spiro atoms. The van der Waals surface area contributed by atoms with Crippen LogP contribution in [0.2, 0.25) is 0 Å². The second kappa shape index (κ2) is 9.16. The van der Waals surface area contributed by atoms with E-state index in [1.807, 2.05) is 30.1 Å². The van der Waals surface area contributed by atoms with Crippen molar-refractivity contribution in [2.24, 2.45) is 0 Å². The van der Waals surface area contributed by atoms with Crippen LogP contribution in [0.5, 0.6) is 23.0 Å². The van der Waals surface area contributed by atoms with Crippen molar-refractivity contribution in [2.45, 2.75) is 6.54 Å². The Labute approximate surface area is 172 Å². The number of hydrogen-bond donors (Lipinski definition) is 1. The first-order valence-corrected chi connectivity index (χ1v) is 9.58. The zero-order valence-corrected chi connectivity index (χ0v) is 17.7. The Morgan fingerprint density at radius 3 is 2.57 bits per heavy atom. The number of ether oxygens (including phenoxy) is 4. The monoisotopic (exact) mass is 450 g/mol. The smallest absolute Gasteiger partial charge is 0.238 e. The van der Waals surface area contributed by atoms with Crippen LogP contribution in [0.3, 0.4) is 0 Å². The number of nitrogens with one attached hydrogen (secondary N) is 1. The number of carbonyl (C=O) groups is 1. The van der Waals surface area contributed by atoms with E-state index in [2.05, 4.69) is 21.2 Å². The van der Waals surface area contributed by atoms with Crippen molar-refractivity contribution in [3.05, 3.63) is 40.4 Å². The molecule has 1 amide bonds. The van der Waals surface area contributed by atoms with Crippen molar-refractivity contribution >= 4 is 27.5 Å². The van der Waals surface area contributed by atoms with Gasteiger partial charge in [0.1, 0.15) is 13.2 Å². The summed E-state index contributed by atoms with van der Waals surface area (Å²) in [5.74, 6) is 2.49. The third kappa shape index (κ3) is 4.69. The van der Waals surface area contributed by atoms with Gasteiger partial charge < -0.3 is 24.3 Å². The molecular weight excluding hydrogens is 428 g/mol. The SMILES string of the molecule is COc1cccc(CN(C)CC(=O)Nc2cc3c(cc2Br)OCCO3)c1OC. The molecule has 0 radical (unpaired) electrons. The molecule has 0 unspecified atom stereocenters. The van der Waals surface area contributed by atoms with E-state index < -0.39 is 0 Å². The summed E-state index contributed by atoms with van der Waals surface area (Å²) in [5, 5.41) is 2.91. The first-order chi connectivity index (χ1) is 13.5. The average molecular weight is 451 g/mol. The lowest BCUT2D eigenvalue weighted by atomic mass is 10.1. The molecule has 0 fully saturated rings. The van der Waals surface area contributed by atoms with Gasteiger partial charge in [-0.1, -0.05) is 12.1 Å². The molecule has 28 heavy (non-hydrogen) atoms. The molecule has 1 heterocycles. The number of fused-ring (bicyclic) bond motifs is 1. The lowest BCUT2D eigenvalue weighted by Gasteiger charge is -2.21. The van der Waals surface area contributed by atoms with E-state index >= 15 is 0 Å². The van der Waals surface area contributed by atoms with Crippen molar-refractivity contribution in [1.82, 2.24) is 4.90 Å². The molecular formula is C20H23BrN2O5. The summed E-state index contributed by atoms with van der Waals surface area (Å²) >= 11 is 3.46. The van der Waals surface area contributed by atoms with Gasteiger partial charge in [-0.25, -0.2) is 0 Å². The van der Waals surface area contributed by atoms with Crippen molar-refractivity contribution in [2.75, 3.05) is 46.3 Å². The maximum Gasteiger partial charge on any atom is 0.238 e. The Bertz CT molecular complexity index is 859. The second-order valence-electron chi connectivity index (χ2n) is 6.35. The molecule has 2 aromatic rings. The summed E-state index contributed by atoms with van der Waals surface area (Å²) in [7, 11) is 5.08. The molecule has 0 aliphatic carbocycles. The number of para-hydroxylation sites is 1. The number of halogens is 1. The van der Waals surface area contributed by atoms with Gasteiger partial charge in [0.05, 0.1) is 26.5 Å².